The quantitative estimate of drug-likeness (QED) is 0.815. The zero-order valence-electron chi connectivity index (χ0n) is 11.2. The molecule has 1 nitrogen and oxygen atoms in total. The van der Waals surface area contributed by atoms with Crippen LogP contribution < -0.4 is 5.32 Å². The monoisotopic (exact) mass is 235 g/mol. The highest BCUT2D eigenvalue weighted by molar-refractivity contribution is 5.56. The van der Waals surface area contributed by atoms with Gasteiger partial charge in [-0.3, -0.25) is 0 Å². The maximum Gasteiger partial charge on any atom is 0.123 e. The SMILES string of the molecule is CCC(=Cc1ccc(F)cc1C)CNC(C)C. The average Bonchev–Trinajstić information content (AvgIpc) is 2.26. The van der Waals surface area contributed by atoms with Crippen LogP contribution in [0, 0.1) is 12.7 Å². The number of hydrogen-bond acceptors (Lipinski definition) is 1. The van der Waals surface area contributed by atoms with E-state index in [1.54, 1.807) is 6.07 Å². The standard InChI is InChI=1S/C15H22FN/c1-5-13(10-17-11(2)3)9-14-6-7-15(16)8-12(14)4/h6-9,11,17H,5,10H2,1-4H3. The Kier molecular flexibility index (Phi) is 5.36. The molecule has 0 bridgehead atoms. The zero-order valence-corrected chi connectivity index (χ0v) is 11.2. The molecule has 0 aliphatic heterocycles. The molecular formula is C15H22FN. The number of nitrogens with one attached hydrogen (secondary N) is 1. The van der Waals surface area contributed by atoms with Crippen molar-refractivity contribution < 1.29 is 4.39 Å². The molecular weight excluding hydrogens is 213 g/mol. The summed E-state index contributed by atoms with van der Waals surface area (Å²) >= 11 is 0. The predicted molar refractivity (Wildman–Crippen MR) is 72.5 cm³/mol. The van der Waals surface area contributed by atoms with Crippen LogP contribution in [0.5, 0.6) is 0 Å². The number of aryl methyl sites for hydroxylation is 1. The van der Waals surface area contributed by atoms with Gasteiger partial charge in [-0.15, -0.1) is 0 Å². The molecule has 0 aliphatic carbocycles. The first-order chi connectivity index (χ1) is 8.02. The predicted octanol–water partition coefficient (Wildman–Crippen LogP) is 3.93. The molecule has 0 heterocycles. The highest BCUT2D eigenvalue weighted by Crippen LogP contribution is 2.15. The molecule has 0 amide bonds. The summed E-state index contributed by atoms with van der Waals surface area (Å²) in [5.41, 5.74) is 3.43. The van der Waals surface area contributed by atoms with Gasteiger partial charge in [-0.25, -0.2) is 4.39 Å². The summed E-state index contributed by atoms with van der Waals surface area (Å²) in [6.07, 6.45) is 3.17. The topological polar surface area (TPSA) is 12.0 Å². The van der Waals surface area contributed by atoms with Crippen LogP contribution in [-0.4, -0.2) is 12.6 Å². The normalized spacial score (nSPS) is 12.2. The second kappa shape index (κ2) is 6.55. The Morgan fingerprint density at radius 3 is 2.65 bits per heavy atom. The fraction of sp³-hybridized carbons (Fsp3) is 0.467. The van der Waals surface area contributed by atoms with Crippen molar-refractivity contribution >= 4 is 6.08 Å². The zero-order chi connectivity index (χ0) is 12.8. The van der Waals surface area contributed by atoms with Crippen LogP contribution in [-0.2, 0) is 0 Å². The first-order valence-electron chi connectivity index (χ1n) is 6.22. The van der Waals surface area contributed by atoms with Crippen molar-refractivity contribution in [2.75, 3.05) is 6.54 Å². The molecule has 0 aromatic heterocycles. The second-order valence-electron chi connectivity index (χ2n) is 4.69. The van der Waals surface area contributed by atoms with E-state index in [0.717, 1.165) is 24.1 Å². The third-order valence-corrected chi connectivity index (χ3v) is 2.78. The maximum absolute atomic E-state index is 13.0. The van der Waals surface area contributed by atoms with Crippen LogP contribution in [0.3, 0.4) is 0 Å². The lowest BCUT2D eigenvalue weighted by molar-refractivity contribution is 0.617. The van der Waals surface area contributed by atoms with E-state index in [2.05, 4.69) is 32.2 Å². The first kappa shape index (κ1) is 13.9. The van der Waals surface area contributed by atoms with Crippen LogP contribution in [0.1, 0.15) is 38.3 Å². The molecule has 1 rings (SSSR count). The van der Waals surface area contributed by atoms with Gasteiger partial charge >= 0.3 is 0 Å². The van der Waals surface area contributed by atoms with Gasteiger partial charge in [0.15, 0.2) is 0 Å². The lowest BCUT2D eigenvalue weighted by Gasteiger charge is -2.11. The molecule has 2 heteroatoms. The number of benzene rings is 1. The Balaban J connectivity index is 2.82. The fourth-order valence-corrected chi connectivity index (χ4v) is 1.63. The lowest BCUT2D eigenvalue weighted by atomic mass is 10.0. The van der Waals surface area contributed by atoms with Crippen molar-refractivity contribution in [1.29, 1.82) is 0 Å². The number of halogens is 1. The van der Waals surface area contributed by atoms with E-state index < -0.39 is 0 Å². The third kappa shape index (κ3) is 4.70. The Morgan fingerprint density at radius 1 is 1.41 bits per heavy atom. The molecule has 0 radical (unpaired) electrons. The summed E-state index contributed by atoms with van der Waals surface area (Å²) in [5.74, 6) is -0.169. The van der Waals surface area contributed by atoms with Crippen molar-refractivity contribution in [3.63, 3.8) is 0 Å². The van der Waals surface area contributed by atoms with Gasteiger partial charge in [0.2, 0.25) is 0 Å². The Hall–Kier alpha value is -1.15. The molecule has 1 aromatic rings. The Bertz CT molecular complexity index is 394. The fourth-order valence-electron chi connectivity index (χ4n) is 1.63. The molecule has 0 unspecified atom stereocenters. The van der Waals surface area contributed by atoms with E-state index >= 15 is 0 Å². The van der Waals surface area contributed by atoms with Gasteiger partial charge in [0.25, 0.3) is 0 Å². The Labute approximate surface area is 104 Å². The van der Waals surface area contributed by atoms with E-state index in [-0.39, 0.29) is 5.82 Å². The van der Waals surface area contributed by atoms with Crippen molar-refractivity contribution in [2.24, 2.45) is 0 Å². The van der Waals surface area contributed by atoms with E-state index in [9.17, 15) is 4.39 Å². The minimum atomic E-state index is -0.169. The van der Waals surface area contributed by atoms with Crippen molar-refractivity contribution in [3.8, 4) is 0 Å². The summed E-state index contributed by atoms with van der Waals surface area (Å²) in [5, 5.41) is 3.41. The van der Waals surface area contributed by atoms with Crippen LogP contribution in [0.25, 0.3) is 6.08 Å². The van der Waals surface area contributed by atoms with Crippen LogP contribution >= 0.6 is 0 Å². The highest BCUT2D eigenvalue weighted by atomic mass is 19.1. The number of hydrogen-bond donors (Lipinski definition) is 1. The van der Waals surface area contributed by atoms with Gasteiger partial charge < -0.3 is 5.32 Å². The van der Waals surface area contributed by atoms with E-state index in [1.807, 2.05) is 13.0 Å². The molecule has 0 fully saturated rings. The second-order valence-corrected chi connectivity index (χ2v) is 4.69. The van der Waals surface area contributed by atoms with Gasteiger partial charge in [-0.2, -0.15) is 0 Å². The first-order valence-corrected chi connectivity index (χ1v) is 6.22. The van der Waals surface area contributed by atoms with E-state index in [1.165, 1.54) is 11.6 Å². The smallest absolute Gasteiger partial charge is 0.123 e. The van der Waals surface area contributed by atoms with Crippen molar-refractivity contribution in [1.82, 2.24) is 5.32 Å². The van der Waals surface area contributed by atoms with E-state index in [4.69, 9.17) is 0 Å². The molecule has 94 valence electrons. The summed E-state index contributed by atoms with van der Waals surface area (Å²) in [7, 11) is 0. The van der Waals surface area contributed by atoms with Gasteiger partial charge in [0.05, 0.1) is 0 Å². The lowest BCUT2D eigenvalue weighted by Crippen LogP contribution is -2.24. The maximum atomic E-state index is 13.0. The summed E-state index contributed by atoms with van der Waals surface area (Å²) in [4.78, 5) is 0. The highest BCUT2D eigenvalue weighted by Gasteiger charge is 2.01. The minimum Gasteiger partial charge on any atom is -0.311 e. The van der Waals surface area contributed by atoms with Gasteiger partial charge in [-0.05, 0) is 36.6 Å². The van der Waals surface area contributed by atoms with Crippen LogP contribution in [0.2, 0.25) is 0 Å². The van der Waals surface area contributed by atoms with E-state index in [0.29, 0.717) is 6.04 Å². The average molecular weight is 235 g/mol. The molecule has 17 heavy (non-hydrogen) atoms. The molecule has 1 aromatic carbocycles. The van der Waals surface area contributed by atoms with Crippen LogP contribution in [0.4, 0.5) is 4.39 Å². The summed E-state index contributed by atoms with van der Waals surface area (Å²) in [6, 6.07) is 5.42. The molecule has 1 N–H and O–H groups in total. The van der Waals surface area contributed by atoms with Crippen molar-refractivity contribution in [3.05, 3.63) is 40.7 Å². The molecule has 0 atom stereocenters. The van der Waals surface area contributed by atoms with Gasteiger partial charge in [0, 0.05) is 12.6 Å². The molecule has 0 saturated heterocycles. The molecule has 0 spiro atoms. The van der Waals surface area contributed by atoms with Crippen LogP contribution in [0.15, 0.2) is 23.8 Å². The summed E-state index contributed by atoms with van der Waals surface area (Å²) in [6.45, 7) is 9.25. The molecule has 0 saturated carbocycles. The van der Waals surface area contributed by atoms with Gasteiger partial charge in [-0.1, -0.05) is 38.5 Å². The largest absolute Gasteiger partial charge is 0.311 e. The third-order valence-electron chi connectivity index (χ3n) is 2.78. The van der Waals surface area contributed by atoms with Crippen molar-refractivity contribution in [2.45, 2.75) is 40.2 Å². The Morgan fingerprint density at radius 2 is 2.12 bits per heavy atom. The summed E-state index contributed by atoms with van der Waals surface area (Å²) < 4.78 is 13.0. The van der Waals surface area contributed by atoms with Gasteiger partial charge in [0.1, 0.15) is 5.82 Å². The number of rotatable bonds is 5. The molecule has 0 aliphatic rings. The minimum absolute atomic E-state index is 0.169.